The highest BCUT2D eigenvalue weighted by atomic mass is 32.2. The predicted molar refractivity (Wildman–Crippen MR) is 101 cm³/mol. The summed E-state index contributed by atoms with van der Waals surface area (Å²) in [6.45, 7) is 1.80. The largest absolute Gasteiger partial charge is 0.305 e. The van der Waals surface area contributed by atoms with Gasteiger partial charge < -0.3 is 5.32 Å². The second kappa shape index (κ2) is 6.66. The fourth-order valence-corrected chi connectivity index (χ4v) is 4.93. The van der Waals surface area contributed by atoms with Crippen LogP contribution in [0.2, 0.25) is 0 Å². The zero-order chi connectivity index (χ0) is 19.0. The van der Waals surface area contributed by atoms with E-state index in [1.165, 1.54) is 0 Å². The molecule has 0 spiro atoms. The molecule has 0 bridgehead atoms. The Morgan fingerprint density at radius 3 is 2.74 bits per heavy atom. The number of hydrogen-bond donors (Lipinski definition) is 2. The Bertz CT molecular complexity index is 1090. The van der Waals surface area contributed by atoms with Crippen molar-refractivity contribution >= 4 is 21.6 Å². The van der Waals surface area contributed by atoms with Crippen molar-refractivity contribution in [3.63, 3.8) is 0 Å². The van der Waals surface area contributed by atoms with Crippen LogP contribution in [0.15, 0.2) is 42.5 Å². The molecule has 1 saturated heterocycles. The van der Waals surface area contributed by atoms with Crippen molar-refractivity contribution in [3.8, 4) is 11.3 Å². The van der Waals surface area contributed by atoms with E-state index in [0.717, 1.165) is 5.56 Å². The number of aromatic amines is 1. The topological polar surface area (TPSA) is 110 Å². The number of nitrogens with one attached hydrogen (secondary N) is 2. The van der Waals surface area contributed by atoms with Gasteiger partial charge in [-0.3, -0.25) is 9.89 Å². The third kappa shape index (κ3) is 3.63. The molecule has 1 aliphatic heterocycles. The number of benzene rings is 1. The van der Waals surface area contributed by atoms with Crippen molar-refractivity contribution in [2.24, 2.45) is 0 Å². The van der Waals surface area contributed by atoms with Crippen LogP contribution >= 0.6 is 0 Å². The first-order chi connectivity index (χ1) is 12.9. The van der Waals surface area contributed by atoms with Crippen LogP contribution in [-0.2, 0) is 9.84 Å². The van der Waals surface area contributed by atoms with Gasteiger partial charge in [0.1, 0.15) is 11.5 Å². The standard InChI is InChI=1S/C18H19N5O3S/c1-12-9-17(23(22-12)14-7-8-27(25,26)11-14)19-18(24)16-10-15(20-21-16)13-5-3-2-4-6-13/h2-6,9-10,14H,7-8,11H2,1H3,(H,19,24)(H,20,21). The summed E-state index contributed by atoms with van der Waals surface area (Å²) in [7, 11) is -3.05. The van der Waals surface area contributed by atoms with Gasteiger partial charge in [-0.2, -0.15) is 10.2 Å². The van der Waals surface area contributed by atoms with E-state index in [4.69, 9.17) is 0 Å². The molecule has 140 valence electrons. The summed E-state index contributed by atoms with van der Waals surface area (Å²) in [5.74, 6) is 0.312. The molecule has 3 heterocycles. The lowest BCUT2D eigenvalue weighted by molar-refractivity contribution is 0.102. The predicted octanol–water partition coefficient (Wildman–Crippen LogP) is 2.19. The first kappa shape index (κ1) is 17.5. The number of carbonyl (C=O) groups is 1. The Morgan fingerprint density at radius 2 is 2.04 bits per heavy atom. The summed E-state index contributed by atoms with van der Waals surface area (Å²) in [6, 6.07) is 12.7. The molecule has 1 atom stereocenters. The number of nitrogens with zero attached hydrogens (tertiary/aromatic N) is 3. The Morgan fingerprint density at radius 1 is 1.26 bits per heavy atom. The molecule has 4 rings (SSSR count). The lowest BCUT2D eigenvalue weighted by atomic mass is 10.1. The Labute approximate surface area is 156 Å². The summed E-state index contributed by atoms with van der Waals surface area (Å²) in [5.41, 5.74) is 2.61. The highest BCUT2D eigenvalue weighted by Crippen LogP contribution is 2.27. The fraction of sp³-hybridized carbons (Fsp3) is 0.278. The Balaban J connectivity index is 1.55. The normalized spacial score (nSPS) is 18.5. The SMILES string of the molecule is Cc1cc(NC(=O)c2cc(-c3ccccc3)n[nH]2)n(C2CCS(=O)(=O)C2)n1. The maximum Gasteiger partial charge on any atom is 0.274 e. The van der Waals surface area contributed by atoms with Crippen molar-refractivity contribution in [2.75, 3.05) is 16.8 Å². The number of hydrogen-bond acceptors (Lipinski definition) is 5. The average Bonchev–Trinajstić information content (AvgIpc) is 3.34. The molecule has 2 N–H and O–H groups in total. The zero-order valence-electron chi connectivity index (χ0n) is 14.7. The Kier molecular flexibility index (Phi) is 4.31. The van der Waals surface area contributed by atoms with Crippen molar-refractivity contribution < 1.29 is 13.2 Å². The zero-order valence-corrected chi connectivity index (χ0v) is 15.5. The number of aromatic nitrogens is 4. The van der Waals surface area contributed by atoms with Crippen LogP contribution in [-0.4, -0.2) is 45.8 Å². The molecule has 1 fully saturated rings. The highest BCUT2D eigenvalue weighted by molar-refractivity contribution is 7.91. The summed E-state index contributed by atoms with van der Waals surface area (Å²) in [6.07, 6.45) is 0.495. The molecule has 9 heteroatoms. The van der Waals surface area contributed by atoms with Gasteiger partial charge in [-0.05, 0) is 19.4 Å². The van der Waals surface area contributed by atoms with E-state index in [0.29, 0.717) is 29.3 Å². The van der Waals surface area contributed by atoms with Gasteiger partial charge in [-0.15, -0.1) is 0 Å². The molecule has 0 saturated carbocycles. The molecular weight excluding hydrogens is 366 g/mol. The van der Waals surface area contributed by atoms with Gasteiger partial charge in [-0.25, -0.2) is 13.1 Å². The van der Waals surface area contributed by atoms with Gasteiger partial charge in [0.05, 0.1) is 28.9 Å². The van der Waals surface area contributed by atoms with E-state index in [-0.39, 0.29) is 23.5 Å². The summed E-state index contributed by atoms with van der Waals surface area (Å²) < 4.78 is 25.1. The maximum absolute atomic E-state index is 12.6. The lowest BCUT2D eigenvalue weighted by Crippen LogP contribution is -2.19. The van der Waals surface area contributed by atoms with Gasteiger partial charge in [0, 0.05) is 11.6 Å². The number of anilines is 1. The monoisotopic (exact) mass is 385 g/mol. The van der Waals surface area contributed by atoms with Crippen LogP contribution in [0, 0.1) is 6.92 Å². The third-order valence-electron chi connectivity index (χ3n) is 4.55. The minimum absolute atomic E-state index is 0.0409. The summed E-state index contributed by atoms with van der Waals surface area (Å²) >= 11 is 0. The number of aryl methyl sites for hydroxylation is 1. The van der Waals surface area contributed by atoms with E-state index >= 15 is 0 Å². The van der Waals surface area contributed by atoms with Crippen LogP contribution in [0.25, 0.3) is 11.3 Å². The minimum Gasteiger partial charge on any atom is -0.305 e. The highest BCUT2D eigenvalue weighted by Gasteiger charge is 2.31. The van der Waals surface area contributed by atoms with Crippen LogP contribution in [0.4, 0.5) is 5.82 Å². The molecule has 2 aromatic heterocycles. The van der Waals surface area contributed by atoms with Crippen molar-refractivity contribution in [3.05, 3.63) is 53.9 Å². The maximum atomic E-state index is 12.6. The fourth-order valence-electron chi connectivity index (χ4n) is 3.24. The second-order valence-corrected chi connectivity index (χ2v) is 8.89. The quantitative estimate of drug-likeness (QED) is 0.715. The van der Waals surface area contributed by atoms with Crippen LogP contribution in [0.1, 0.15) is 28.6 Å². The summed E-state index contributed by atoms with van der Waals surface area (Å²) in [4.78, 5) is 12.6. The van der Waals surface area contributed by atoms with E-state index < -0.39 is 9.84 Å². The molecular formula is C18H19N5O3S. The smallest absolute Gasteiger partial charge is 0.274 e. The van der Waals surface area contributed by atoms with E-state index in [1.807, 2.05) is 30.3 Å². The molecule has 1 aliphatic rings. The van der Waals surface area contributed by atoms with Crippen molar-refractivity contribution in [2.45, 2.75) is 19.4 Å². The van der Waals surface area contributed by atoms with Crippen LogP contribution in [0.5, 0.6) is 0 Å². The van der Waals surface area contributed by atoms with E-state index in [1.54, 1.807) is 23.7 Å². The van der Waals surface area contributed by atoms with Crippen LogP contribution < -0.4 is 5.32 Å². The third-order valence-corrected chi connectivity index (χ3v) is 6.30. The molecule has 8 nitrogen and oxygen atoms in total. The number of amides is 1. The molecule has 0 aliphatic carbocycles. The number of H-pyrrole nitrogens is 1. The molecule has 0 radical (unpaired) electrons. The van der Waals surface area contributed by atoms with E-state index in [2.05, 4.69) is 20.6 Å². The lowest BCUT2D eigenvalue weighted by Gasteiger charge is -2.13. The van der Waals surface area contributed by atoms with Gasteiger partial charge in [0.25, 0.3) is 5.91 Å². The molecule has 1 aromatic carbocycles. The summed E-state index contributed by atoms with van der Waals surface area (Å²) in [5, 5.41) is 14.1. The van der Waals surface area contributed by atoms with Crippen molar-refractivity contribution in [1.82, 2.24) is 20.0 Å². The van der Waals surface area contributed by atoms with Gasteiger partial charge >= 0.3 is 0 Å². The molecule has 3 aromatic rings. The van der Waals surface area contributed by atoms with Gasteiger partial charge in [-0.1, -0.05) is 30.3 Å². The number of rotatable bonds is 4. The molecule has 1 unspecified atom stereocenters. The molecule has 1 amide bonds. The van der Waals surface area contributed by atoms with Crippen LogP contribution in [0.3, 0.4) is 0 Å². The first-order valence-electron chi connectivity index (χ1n) is 8.60. The minimum atomic E-state index is -3.05. The molecule has 27 heavy (non-hydrogen) atoms. The Hall–Kier alpha value is -2.94. The van der Waals surface area contributed by atoms with Gasteiger partial charge in [0.2, 0.25) is 0 Å². The first-order valence-corrected chi connectivity index (χ1v) is 10.4. The van der Waals surface area contributed by atoms with E-state index in [9.17, 15) is 13.2 Å². The van der Waals surface area contributed by atoms with Gasteiger partial charge in [0.15, 0.2) is 9.84 Å². The number of carbonyl (C=O) groups excluding carboxylic acids is 1. The average molecular weight is 385 g/mol. The van der Waals surface area contributed by atoms with Crippen molar-refractivity contribution in [1.29, 1.82) is 0 Å². The number of sulfone groups is 1. The second-order valence-electron chi connectivity index (χ2n) is 6.66.